The first-order valence-corrected chi connectivity index (χ1v) is 8.34. The Morgan fingerprint density at radius 2 is 2.00 bits per heavy atom. The summed E-state index contributed by atoms with van der Waals surface area (Å²) >= 11 is 0. The molecule has 0 aliphatic rings. The summed E-state index contributed by atoms with van der Waals surface area (Å²) in [6, 6.07) is 4.95. The van der Waals surface area contributed by atoms with Gasteiger partial charge in [-0.2, -0.15) is 0 Å². The van der Waals surface area contributed by atoms with E-state index in [4.69, 9.17) is 0 Å². The highest BCUT2D eigenvalue weighted by Gasteiger charge is 2.14. The molecule has 0 radical (unpaired) electrons. The van der Waals surface area contributed by atoms with Gasteiger partial charge in [-0.3, -0.25) is 4.98 Å². The van der Waals surface area contributed by atoms with Crippen LogP contribution in [-0.4, -0.2) is 23.1 Å². The third kappa shape index (κ3) is 6.47. The van der Waals surface area contributed by atoms with Crippen molar-refractivity contribution in [3.8, 4) is 0 Å². The molecular weight excluding hydrogens is 258 g/mol. The molecule has 1 N–H and O–H groups in total. The van der Waals surface area contributed by atoms with Gasteiger partial charge in [-0.15, -0.1) is 0 Å². The fraction of sp³-hybridized carbons (Fsp3) is 0.722. The zero-order chi connectivity index (χ0) is 15.9. The average molecular weight is 291 g/mol. The van der Waals surface area contributed by atoms with E-state index >= 15 is 0 Å². The lowest BCUT2D eigenvalue weighted by Gasteiger charge is -2.31. The molecule has 0 amide bonds. The van der Waals surface area contributed by atoms with Gasteiger partial charge < -0.3 is 10.2 Å². The van der Waals surface area contributed by atoms with E-state index in [0.29, 0.717) is 6.04 Å². The molecule has 1 aromatic rings. The van der Waals surface area contributed by atoms with Crippen molar-refractivity contribution in [3.05, 3.63) is 24.0 Å². The minimum absolute atomic E-state index is 0.121. The van der Waals surface area contributed by atoms with Crippen LogP contribution in [0.15, 0.2) is 18.3 Å². The zero-order valence-corrected chi connectivity index (χ0v) is 14.7. The number of unbranched alkanes of at least 4 members (excludes halogenated alkanes) is 1. The van der Waals surface area contributed by atoms with Crippen LogP contribution in [0.5, 0.6) is 0 Å². The van der Waals surface area contributed by atoms with E-state index in [0.717, 1.165) is 18.8 Å². The summed E-state index contributed by atoms with van der Waals surface area (Å²) in [4.78, 5) is 7.02. The Balaban J connectivity index is 2.83. The van der Waals surface area contributed by atoms with Crippen molar-refractivity contribution >= 4 is 5.69 Å². The second kappa shape index (κ2) is 8.38. The van der Waals surface area contributed by atoms with Crippen molar-refractivity contribution in [2.24, 2.45) is 0 Å². The van der Waals surface area contributed by atoms with Gasteiger partial charge in [0.1, 0.15) is 0 Å². The Morgan fingerprint density at radius 3 is 2.57 bits per heavy atom. The number of rotatable bonds is 8. The van der Waals surface area contributed by atoms with E-state index in [2.05, 4.69) is 68.9 Å². The quantitative estimate of drug-likeness (QED) is 0.770. The monoisotopic (exact) mass is 291 g/mol. The van der Waals surface area contributed by atoms with E-state index in [-0.39, 0.29) is 5.54 Å². The molecule has 3 nitrogen and oxygen atoms in total. The molecule has 1 rings (SSSR count). The molecule has 0 bridgehead atoms. The normalized spacial score (nSPS) is 13.2. The lowest BCUT2D eigenvalue weighted by atomic mass is 10.1. The van der Waals surface area contributed by atoms with Gasteiger partial charge in [-0.1, -0.05) is 20.3 Å². The highest BCUT2D eigenvalue weighted by atomic mass is 15.2. The van der Waals surface area contributed by atoms with Gasteiger partial charge in [0.25, 0.3) is 0 Å². The Bertz CT molecular complexity index is 409. The average Bonchev–Trinajstić information content (AvgIpc) is 2.45. The van der Waals surface area contributed by atoms with Crippen LogP contribution in [-0.2, 0) is 6.54 Å². The summed E-state index contributed by atoms with van der Waals surface area (Å²) in [6.45, 7) is 15.3. The van der Waals surface area contributed by atoms with Crippen LogP contribution in [0.4, 0.5) is 5.69 Å². The van der Waals surface area contributed by atoms with Gasteiger partial charge in [-0.05, 0) is 52.7 Å². The summed E-state index contributed by atoms with van der Waals surface area (Å²) in [5, 5.41) is 3.51. The molecule has 1 heterocycles. The second-order valence-corrected chi connectivity index (χ2v) is 6.91. The van der Waals surface area contributed by atoms with Crippen molar-refractivity contribution < 1.29 is 0 Å². The molecule has 0 aromatic carbocycles. The summed E-state index contributed by atoms with van der Waals surface area (Å²) in [5.74, 6) is 0. The summed E-state index contributed by atoms with van der Waals surface area (Å²) in [5.41, 5.74) is 2.54. The van der Waals surface area contributed by atoms with E-state index in [1.54, 1.807) is 0 Å². The maximum Gasteiger partial charge on any atom is 0.0562 e. The standard InChI is InChI=1S/C18H33N3/c1-7-9-12-21(15(3)8-2)17-10-11-19-16(13-17)14-20-18(4,5)6/h10-11,13,15,20H,7-9,12,14H2,1-6H3. The van der Waals surface area contributed by atoms with E-state index in [1.165, 1.54) is 24.9 Å². The van der Waals surface area contributed by atoms with Gasteiger partial charge in [0.2, 0.25) is 0 Å². The first-order chi connectivity index (χ1) is 9.87. The number of hydrogen-bond acceptors (Lipinski definition) is 3. The van der Waals surface area contributed by atoms with Crippen LogP contribution in [0.1, 0.15) is 66.5 Å². The maximum absolute atomic E-state index is 4.50. The molecular formula is C18H33N3. The largest absolute Gasteiger partial charge is 0.369 e. The minimum atomic E-state index is 0.121. The smallest absolute Gasteiger partial charge is 0.0562 e. The lowest BCUT2D eigenvalue weighted by Crippen LogP contribution is -2.36. The number of hydrogen-bond donors (Lipinski definition) is 1. The topological polar surface area (TPSA) is 28.2 Å². The highest BCUT2D eigenvalue weighted by molar-refractivity contribution is 5.47. The molecule has 0 fully saturated rings. The van der Waals surface area contributed by atoms with Crippen molar-refractivity contribution in [3.63, 3.8) is 0 Å². The van der Waals surface area contributed by atoms with Crippen LogP contribution < -0.4 is 10.2 Å². The molecule has 0 spiro atoms. The van der Waals surface area contributed by atoms with Gasteiger partial charge in [0, 0.05) is 36.6 Å². The van der Waals surface area contributed by atoms with Gasteiger partial charge in [0.15, 0.2) is 0 Å². The first-order valence-electron chi connectivity index (χ1n) is 8.34. The number of aromatic nitrogens is 1. The first kappa shape index (κ1) is 18.0. The molecule has 0 aliphatic carbocycles. The number of nitrogens with one attached hydrogen (secondary N) is 1. The van der Waals surface area contributed by atoms with E-state index in [9.17, 15) is 0 Å². The van der Waals surface area contributed by atoms with Crippen LogP contribution in [0.3, 0.4) is 0 Å². The van der Waals surface area contributed by atoms with Gasteiger partial charge >= 0.3 is 0 Å². The molecule has 3 heteroatoms. The van der Waals surface area contributed by atoms with E-state index < -0.39 is 0 Å². The number of nitrogens with zero attached hydrogens (tertiary/aromatic N) is 2. The summed E-state index contributed by atoms with van der Waals surface area (Å²) < 4.78 is 0. The molecule has 0 saturated carbocycles. The maximum atomic E-state index is 4.50. The predicted octanol–water partition coefficient (Wildman–Crippen LogP) is 4.37. The summed E-state index contributed by atoms with van der Waals surface area (Å²) in [6.07, 6.45) is 5.58. The number of pyridine rings is 1. The zero-order valence-electron chi connectivity index (χ0n) is 14.7. The fourth-order valence-corrected chi connectivity index (χ4v) is 2.25. The SMILES string of the molecule is CCCCN(c1ccnc(CNC(C)(C)C)c1)C(C)CC. The minimum Gasteiger partial charge on any atom is -0.369 e. The molecule has 120 valence electrons. The third-order valence-electron chi connectivity index (χ3n) is 3.81. The molecule has 0 saturated heterocycles. The third-order valence-corrected chi connectivity index (χ3v) is 3.81. The Hall–Kier alpha value is -1.09. The lowest BCUT2D eigenvalue weighted by molar-refractivity contribution is 0.421. The fourth-order valence-electron chi connectivity index (χ4n) is 2.25. The van der Waals surface area contributed by atoms with Crippen molar-refractivity contribution in [1.82, 2.24) is 10.3 Å². The summed E-state index contributed by atoms with van der Waals surface area (Å²) in [7, 11) is 0. The van der Waals surface area contributed by atoms with Crippen molar-refractivity contribution in [1.29, 1.82) is 0 Å². The van der Waals surface area contributed by atoms with Crippen LogP contribution in [0, 0.1) is 0 Å². The van der Waals surface area contributed by atoms with Crippen LogP contribution >= 0.6 is 0 Å². The van der Waals surface area contributed by atoms with E-state index in [1.807, 2.05) is 6.20 Å². The Morgan fingerprint density at radius 1 is 1.29 bits per heavy atom. The Labute approximate surface area is 131 Å². The molecule has 0 aliphatic heterocycles. The predicted molar refractivity (Wildman–Crippen MR) is 92.8 cm³/mol. The van der Waals surface area contributed by atoms with Gasteiger partial charge in [-0.25, -0.2) is 0 Å². The van der Waals surface area contributed by atoms with Crippen LogP contribution in [0.2, 0.25) is 0 Å². The van der Waals surface area contributed by atoms with Crippen molar-refractivity contribution in [2.45, 2.75) is 78.9 Å². The second-order valence-electron chi connectivity index (χ2n) is 6.91. The van der Waals surface area contributed by atoms with Crippen molar-refractivity contribution in [2.75, 3.05) is 11.4 Å². The van der Waals surface area contributed by atoms with Crippen LogP contribution in [0.25, 0.3) is 0 Å². The Kier molecular flexibility index (Phi) is 7.16. The highest BCUT2D eigenvalue weighted by Crippen LogP contribution is 2.20. The number of anilines is 1. The molecule has 1 aromatic heterocycles. The molecule has 1 atom stereocenters. The molecule has 21 heavy (non-hydrogen) atoms. The molecule has 1 unspecified atom stereocenters. The van der Waals surface area contributed by atoms with Gasteiger partial charge in [0.05, 0.1) is 5.69 Å².